The first kappa shape index (κ1) is 21.9. The van der Waals surface area contributed by atoms with Crippen molar-refractivity contribution in [3.05, 3.63) is 27.8 Å². The van der Waals surface area contributed by atoms with E-state index in [-0.39, 0.29) is 18.2 Å². The first-order valence-electron chi connectivity index (χ1n) is 9.93. The molecule has 1 heterocycles. The standard InChI is InChI=1S/C20H32N4O4/c1-5-8-21-19(26)15-11-18(24(27)28)16(22-20(3,4)13-25)12-17(15)23-9-6-14(2)7-10-23/h11-12,14,22,25H,5-10,13H2,1-4H3,(H,21,26). The van der Waals surface area contributed by atoms with Gasteiger partial charge in [0.2, 0.25) is 0 Å². The Bertz CT molecular complexity index is 712. The zero-order valence-corrected chi connectivity index (χ0v) is 17.2. The van der Waals surface area contributed by atoms with Gasteiger partial charge in [-0.2, -0.15) is 0 Å². The quantitative estimate of drug-likeness (QED) is 0.463. The van der Waals surface area contributed by atoms with Gasteiger partial charge in [0.05, 0.1) is 28.3 Å². The molecule has 0 saturated carbocycles. The number of piperidine rings is 1. The molecule has 1 aromatic rings. The van der Waals surface area contributed by atoms with Crippen LogP contribution in [0.3, 0.4) is 0 Å². The number of nitro groups is 1. The van der Waals surface area contributed by atoms with Crippen LogP contribution in [0.4, 0.5) is 17.1 Å². The summed E-state index contributed by atoms with van der Waals surface area (Å²) < 4.78 is 0. The number of amides is 1. The first-order chi connectivity index (χ1) is 13.2. The van der Waals surface area contributed by atoms with Gasteiger partial charge in [0.15, 0.2) is 0 Å². The van der Waals surface area contributed by atoms with Crippen molar-refractivity contribution in [3.63, 3.8) is 0 Å². The predicted octanol–water partition coefficient (Wildman–Crippen LogP) is 3.15. The second-order valence-corrected chi connectivity index (χ2v) is 8.24. The van der Waals surface area contributed by atoms with Crippen molar-refractivity contribution < 1.29 is 14.8 Å². The van der Waals surface area contributed by atoms with Crippen molar-refractivity contribution in [1.29, 1.82) is 0 Å². The maximum atomic E-state index is 12.7. The van der Waals surface area contributed by atoms with Crippen LogP contribution >= 0.6 is 0 Å². The van der Waals surface area contributed by atoms with Gasteiger partial charge in [-0.05, 0) is 45.1 Å². The number of nitro benzene ring substituents is 1. The Kier molecular flexibility index (Phi) is 7.23. The molecule has 1 aromatic carbocycles. The smallest absolute Gasteiger partial charge is 0.293 e. The van der Waals surface area contributed by atoms with E-state index in [4.69, 9.17) is 0 Å². The second kappa shape index (κ2) is 9.23. The van der Waals surface area contributed by atoms with Crippen molar-refractivity contribution in [2.75, 3.05) is 36.5 Å². The third-order valence-electron chi connectivity index (χ3n) is 5.08. The van der Waals surface area contributed by atoms with Gasteiger partial charge in [-0.15, -0.1) is 0 Å². The van der Waals surface area contributed by atoms with Crippen LogP contribution in [-0.4, -0.2) is 47.7 Å². The third-order valence-corrected chi connectivity index (χ3v) is 5.08. The normalized spacial score (nSPS) is 15.4. The maximum Gasteiger partial charge on any atom is 0.293 e. The molecule has 1 amide bonds. The molecule has 1 aliphatic rings. The molecule has 8 nitrogen and oxygen atoms in total. The van der Waals surface area contributed by atoms with E-state index >= 15 is 0 Å². The van der Waals surface area contributed by atoms with E-state index in [1.807, 2.05) is 6.92 Å². The highest BCUT2D eigenvalue weighted by atomic mass is 16.6. The van der Waals surface area contributed by atoms with Crippen molar-refractivity contribution in [1.82, 2.24) is 5.32 Å². The number of nitrogens with zero attached hydrogens (tertiary/aromatic N) is 2. The van der Waals surface area contributed by atoms with E-state index in [2.05, 4.69) is 22.5 Å². The molecule has 8 heteroatoms. The summed E-state index contributed by atoms with van der Waals surface area (Å²) in [5, 5.41) is 27.1. The lowest BCUT2D eigenvalue weighted by atomic mass is 9.97. The van der Waals surface area contributed by atoms with Crippen molar-refractivity contribution in [3.8, 4) is 0 Å². The highest BCUT2D eigenvalue weighted by Gasteiger charge is 2.28. The summed E-state index contributed by atoms with van der Waals surface area (Å²) in [7, 11) is 0. The molecule has 156 valence electrons. The molecule has 1 fully saturated rings. The Hall–Kier alpha value is -2.35. The predicted molar refractivity (Wildman–Crippen MR) is 111 cm³/mol. The van der Waals surface area contributed by atoms with E-state index in [9.17, 15) is 20.0 Å². The van der Waals surface area contributed by atoms with Gasteiger partial charge in [0.1, 0.15) is 5.69 Å². The molecule has 1 saturated heterocycles. The lowest BCUT2D eigenvalue weighted by Gasteiger charge is -2.34. The van der Waals surface area contributed by atoms with Gasteiger partial charge in [0.25, 0.3) is 11.6 Å². The SMILES string of the molecule is CCCNC(=O)c1cc([N+](=O)[O-])c(NC(C)(C)CO)cc1N1CCC(C)CC1. The average Bonchev–Trinajstić information content (AvgIpc) is 2.66. The fraction of sp³-hybridized carbons (Fsp3) is 0.650. The average molecular weight is 393 g/mol. The second-order valence-electron chi connectivity index (χ2n) is 8.24. The number of carbonyl (C=O) groups excluding carboxylic acids is 1. The number of hydrogen-bond acceptors (Lipinski definition) is 6. The topological polar surface area (TPSA) is 108 Å². The van der Waals surface area contributed by atoms with Gasteiger partial charge in [0, 0.05) is 25.7 Å². The highest BCUT2D eigenvalue weighted by molar-refractivity contribution is 6.02. The van der Waals surface area contributed by atoms with Gasteiger partial charge >= 0.3 is 0 Å². The molecule has 0 aliphatic carbocycles. The summed E-state index contributed by atoms with van der Waals surface area (Å²) in [5.74, 6) is 0.323. The van der Waals surface area contributed by atoms with Crippen LogP contribution in [0, 0.1) is 16.0 Å². The fourth-order valence-electron chi connectivity index (χ4n) is 3.26. The maximum absolute atomic E-state index is 12.7. The van der Waals surface area contributed by atoms with E-state index in [1.54, 1.807) is 19.9 Å². The first-order valence-corrected chi connectivity index (χ1v) is 9.93. The Morgan fingerprint density at radius 2 is 2.00 bits per heavy atom. The molecule has 0 spiro atoms. The van der Waals surface area contributed by atoms with Crippen LogP contribution in [0.15, 0.2) is 12.1 Å². The van der Waals surface area contributed by atoms with Gasteiger partial charge in [-0.3, -0.25) is 14.9 Å². The van der Waals surface area contributed by atoms with Crippen LogP contribution in [0.25, 0.3) is 0 Å². The van der Waals surface area contributed by atoms with Crippen LogP contribution in [0.2, 0.25) is 0 Å². The number of nitrogens with one attached hydrogen (secondary N) is 2. The van der Waals surface area contributed by atoms with Gasteiger partial charge < -0.3 is 20.6 Å². The van der Waals surface area contributed by atoms with Crippen molar-refractivity contribution >= 4 is 23.0 Å². The molecule has 0 aromatic heterocycles. The van der Waals surface area contributed by atoms with E-state index in [1.165, 1.54) is 6.07 Å². The summed E-state index contributed by atoms with van der Waals surface area (Å²) in [5.41, 5.74) is 0.427. The lowest BCUT2D eigenvalue weighted by Crippen LogP contribution is -2.37. The number of aliphatic hydroxyl groups is 1. The van der Waals surface area contributed by atoms with Crippen LogP contribution in [-0.2, 0) is 0 Å². The zero-order chi connectivity index (χ0) is 20.9. The molecule has 0 unspecified atom stereocenters. The van der Waals surface area contributed by atoms with E-state index in [0.29, 0.717) is 29.4 Å². The Balaban J connectivity index is 2.53. The minimum atomic E-state index is -0.732. The lowest BCUT2D eigenvalue weighted by molar-refractivity contribution is -0.384. The minimum absolute atomic E-state index is 0.169. The molecule has 0 atom stereocenters. The van der Waals surface area contributed by atoms with Gasteiger partial charge in [-0.1, -0.05) is 13.8 Å². The number of rotatable bonds is 8. The van der Waals surface area contributed by atoms with E-state index in [0.717, 1.165) is 32.4 Å². The van der Waals surface area contributed by atoms with E-state index < -0.39 is 10.5 Å². The summed E-state index contributed by atoms with van der Waals surface area (Å²) >= 11 is 0. The molecule has 28 heavy (non-hydrogen) atoms. The summed E-state index contributed by atoms with van der Waals surface area (Å²) in [4.78, 5) is 26.0. The van der Waals surface area contributed by atoms with Crippen LogP contribution in [0.1, 0.15) is 57.3 Å². The monoisotopic (exact) mass is 392 g/mol. The molecule has 0 bridgehead atoms. The molecule has 1 aliphatic heterocycles. The molecular formula is C20H32N4O4. The zero-order valence-electron chi connectivity index (χ0n) is 17.2. The van der Waals surface area contributed by atoms with Crippen molar-refractivity contribution in [2.24, 2.45) is 5.92 Å². The summed E-state index contributed by atoms with van der Waals surface area (Å²) in [6, 6.07) is 3.04. The van der Waals surface area contributed by atoms with Crippen molar-refractivity contribution in [2.45, 2.75) is 52.5 Å². The summed E-state index contributed by atoms with van der Waals surface area (Å²) in [6.45, 7) is 9.63. The fourth-order valence-corrected chi connectivity index (χ4v) is 3.26. The number of hydrogen-bond donors (Lipinski definition) is 3. The molecular weight excluding hydrogens is 360 g/mol. The summed E-state index contributed by atoms with van der Waals surface area (Å²) in [6.07, 6.45) is 2.81. The molecule has 0 radical (unpaired) electrons. The molecule has 3 N–H and O–H groups in total. The van der Waals surface area contributed by atoms with Gasteiger partial charge in [-0.25, -0.2) is 0 Å². The molecule has 2 rings (SSSR count). The van der Waals surface area contributed by atoms with Crippen LogP contribution < -0.4 is 15.5 Å². The number of anilines is 2. The third kappa shape index (κ3) is 5.34. The number of aliphatic hydroxyl groups excluding tert-OH is 1. The number of carbonyl (C=O) groups is 1. The van der Waals surface area contributed by atoms with Crippen LogP contribution in [0.5, 0.6) is 0 Å². The Morgan fingerprint density at radius 1 is 1.36 bits per heavy atom. The number of benzene rings is 1. The minimum Gasteiger partial charge on any atom is -0.394 e. The Labute approximate surface area is 166 Å². The largest absolute Gasteiger partial charge is 0.394 e. The highest BCUT2D eigenvalue weighted by Crippen LogP contribution is 2.36. The Morgan fingerprint density at radius 3 is 2.54 bits per heavy atom.